The maximum Gasteiger partial charge on any atom is 0.319 e. The van der Waals surface area contributed by atoms with Gasteiger partial charge >= 0.3 is 6.03 Å². The topological polar surface area (TPSA) is 73.5 Å². The molecule has 3 N–H and O–H groups in total. The maximum atomic E-state index is 12.8. The predicted octanol–water partition coefficient (Wildman–Crippen LogP) is 3.99. The second kappa shape index (κ2) is 10.6. The molecule has 0 spiro atoms. The highest BCUT2D eigenvalue weighted by Crippen LogP contribution is 2.16. The maximum absolute atomic E-state index is 12.8. The normalized spacial score (nSPS) is 11.0. The van der Waals surface area contributed by atoms with Crippen molar-refractivity contribution < 1.29 is 9.59 Å². The number of hydrogen-bond acceptors (Lipinski definition) is 3. The fourth-order valence-electron chi connectivity index (χ4n) is 2.82. The van der Waals surface area contributed by atoms with Crippen molar-refractivity contribution in [3.63, 3.8) is 0 Å². The van der Waals surface area contributed by atoms with Crippen LogP contribution in [0.15, 0.2) is 48.5 Å². The Labute approximate surface area is 173 Å². The molecule has 0 saturated heterocycles. The minimum absolute atomic E-state index is 0.0106. The summed E-state index contributed by atoms with van der Waals surface area (Å²) in [5.74, 6) is -0.225. The van der Waals surface area contributed by atoms with E-state index in [1.54, 1.807) is 24.3 Å². The van der Waals surface area contributed by atoms with E-state index >= 15 is 0 Å². The first-order chi connectivity index (χ1) is 13.8. The van der Waals surface area contributed by atoms with Gasteiger partial charge in [0.2, 0.25) is 0 Å². The molecule has 0 unspecified atom stereocenters. The van der Waals surface area contributed by atoms with Gasteiger partial charge in [0.1, 0.15) is 0 Å². The molecule has 0 radical (unpaired) electrons. The molecule has 6 heteroatoms. The molecule has 0 aliphatic heterocycles. The number of para-hydroxylation sites is 1. The second-order valence-corrected chi connectivity index (χ2v) is 7.76. The van der Waals surface area contributed by atoms with E-state index in [9.17, 15) is 9.59 Å². The van der Waals surface area contributed by atoms with Crippen LogP contribution in [-0.2, 0) is 13.1 Å². The first-order valence-electron chi connectivity index (χ1n) is 9.99. The van der Waals surface area contributed by atoms with Crippen molar-refractivity contribution in [1.29, 1.82) is 0 Å². The SMILES string of the molecule is CC(C)NC(=O)Nc1ccccc1C(=O)NCc1ccccc1CN(C)C(C)C. The van der Waals surface area contributed by atoms with E-state index < -0.39 is 0 Å². The Hall–Kier alpha value is -2.86. The molecule has 6 nitrogen and oxygen atoms in total. The third-order valence-corrected chi connectivity index (χ3v) is 4.70. The Balaban J connectivity index is 2.08. The molecule has 0 heterocycles. The Morgan fingerprint density at radius 1 is 0.931 bits per heavy atom. The van der Waals surface area contributed by atoms with Crippen molar-refractivity contribution in [1.82, 2.24) is 15.5 Å². The molecule has 0 fully saturated rings. The number of hydrogen-bond donors (Lipinski definition) is 3. The van der Waals surface area contributed by atoms with E-state index in [0.717, 1.165) is 12.1 Å². The Bertz CT molecular complexity index is 833. The fraction of sp³-hybridized carbons (Fsp3) is 0.391. The summed E-state index contributed by atoms with van der Waals surface area (Å²) in [5, 5.41) is 8.50. The highest BCUT2D eigenvalue weighted by molar-refractivity contribution is 6.03. The second-order valence-electron chi connectivity index (χ2n) is 7.76. The monoisotopic (exact) mass is 396 g/mol. The zero-order chi connectivity index (χ0) is 21.4. The fourth-order valence-corrected chi connectivity index (χ4v) is 2.82. The lowest BCUT2D eigenvalue weighted by Crippen LogP contribution is -2.35. The molecule has 2 aromatic rings. The Morgan fingerprint density at radius 2 is 1.55 bits per heavy atom. The van der Waals surface area contributed by atoms with E-state index in [1.807, 2.05) is 32.0 Å². The zero-order valence-electron chi connectivity index (χ0n) is 18.0. The number of amides is 3. The summed E-state index contributed by atoms with van der Waals surface area (Å²) in [5.41, 5.74) is 3.18. The third kappa shape index (κ3) is 6.91. The van der Waals surface area contributed by atoms with Crippen LogP contribution in [0.2, 0.25) is 0 Å². The van der Waals surface area contributed by atoms with E-state index in [0.29, 0.717) is 23.8 Å². The molecule has 2 aromatic carbocycles. The molecule has 0 saturated carbocycles. The average Bonchev–Trinajstić information content (AvgIpc) is 2.66. The largest absolute Gasteiger partial charge is 0.348 e. The molecule has 3 amide bonds. The lowest BCUT2D eigenvalue weighted by molar-refractivity contribution is 0.0951. The van der Waals surface area contributed by atoms with Crippen LogP contribution in [0.1, 0.15) is 49.2 Å². The van der Waals surface area contributed by atoms with Gasteiger partial charge in [-0.05, 0) is 58.0 Å². The first-order valence-corrected chi connectivity index (χ1v) is 9.99. The third-order valence-electron chi connectivity index (χ3n) is 4.70. The number of anilines is 1. The Morgan fingerprint density at radius 3 is 2.21 bits per heavy atom. The lowest BCUT2D eigenvalue weighted by atomic mass is 10.1. The van der Waals surface area contributed by atoms with Crippen molar-refractivity contribution >= 4 is 17.6 Å². The molecule has 0 aliphatic rings. The number of rotatable bonds is 8. The molecular weight excluding hydrogens is 364 g/mol. The molecule has 0 aromatic heterocycles. The van der Waals surface area contributed by atoms with Crippen LogP contribution in [0.25, 0.3) is 0 Å². The van der Waals surface area contributed by atoms with Gasteiger partial charge in [0, 0.05) is 25.2 Å². The van der Waals surface area contributed by atoms with Crippen molar-refractivity contribution in [3.8, 4) is 0 Å². The van der Waals surface area contributed by atoms with E-state index in [4.69, 9.17) is 0 Å². The van der Waals surface area contributed by atoms with Crippen molar-refractivity contribution in [2.24, 2.45) is 0 Å². The summed E-state index contributed by atoms with van der Waals surface area (Å²) in [6, 6.07) is 15.2. The average molecular weight is 397 g/mol. The van der Waals surface area contributed by atoms with Crippen LogP contribution in [0.4, 0.5) is 10.5 Å². The van der Waals surface area contributed by atoms with Gasteiger partial charge in [-0.2, -0.15) is 0 Å². The van der Waals surface area contributed by atoms with Crippen molar-refractivity contribution in [3.05, 3.63) is 65.2 Å². The van der Waals surface area contributed by atoms with Crippen LogP contribution in [0.3, 0.4) is 0 Å². The summed E-state index contributed by atoms with van der Waals surface area (Å²) in [4.78, 5) is 27.1. The Kier molecular flexibility index (Phi) is 8.21. The lowest BCUT2D eigenvalue weighted by Gasteiger charge is -2.22. The number of nitrogens with one attached hydrogen (secondary N) is 3. The standard InChI is InChI=1S/C23H32N4O2/c1-16(2)25-23(29)26-21-13-9-8-12-20(21)22(28)24-14-18-10-6-7-11-19(18)15-27(5)17(3)4/h6-13,16-17H,14-15H2,1-5H3,(H,24,28)(H2,25,26,29). The van der Waals surface area contributed by atoms with Gasteiger partial charge in [-0.1, -0.05) is 36.4 Å². The van der Waals surface area contributed by atoms with Crippen LogP contribution in [0, 0.1) is 0 Å². The van der Waals surface area contributed by atoms with E-state index in [-0.39, 0.29) is 18.0 Å². The van der Waals surface area contributed by atoms with Crippen molar-refractivity contribution in [2.45, 2.75) is 52.9 Å². The van der Waals surface area contributed by atoms with Gasteiger partial charge < -0.3 is 16.0 Å². The molecule has 29 heavy (non-hydrogen) atoms. The quantitative estimate of drug-likeness (QED) is 0.632. The van der Waals surface area contributed by atoms with Gasteiger partial charge in [-0.3, -0.25) is 9.69 Å². The van der Waals surface area contributed by atoms with Gasteiger partial charge in [0.05, 0.1) is 11.3 Å². The smallest absolute Gasteiger partial charge is 0.319 e. The minimum Gasteiger partial charge on any atom is -0.348 e. The summed E-state index contributed by atoms with van der Waals surface area (Å²) in [6.45, 7) is 9.32. The van der Waals surface area contributed by atoms with Gasteiger partial charge in [0.15, 0.2) is 0 Å². The van der Waals surface area contributed by atoms with Crippen LogP contribution < -0.4 is 16.0 Å². The predicted molar refractivity (Wildman–Crippen MR) is 118 cm³/mol. The minimum atomic E-state index is -0.331. The molecule has 0 atom stereocenters. The first kappa shape index (κ1) is 22.4. The number of carbonyl (C=O) groups excluding carboxylic acids is 2. The van der Waals surface area contributed by atoms with Crippen molar-refractivity contribution in [2.75, 3.05) is 12.4 Å². The van der Waals surface area contributed by atoms with E-state index in [2.05, 4.69) is 47.8 Å². The number of benzene rings is 2. The van der Waals surface area contributed by atoms with Crippen LogP contribution >= 0.6 is 0 Å². The van der Waals surface area contributed by atoms with Gasteiger partial charge in [-0.25, -0.2) is 4.79 Å². The molecular formula is C23H32N4O2. The molecule has 0 aliphatic carbocycles. The number of carbonyl (C=O) groups is 2. The van der Waals surface area contributed by atoms with Gasteiger partial charge in [-0.15, -0.1) is 0 Å². The highest BCUT2D eigenvalue weighted by atomic mass is 16.2. The summed E-state index contributed by atoms with van der Waals surface area (Å²) in [7, 11) is 2.09. The number of urea groups is 1. The van der Waals surface area contributed by atoms with Crippen LogP contribution in [0.5, 0.6) is 0 Å². The zero-order valence-corrected chi connectivity index (χ0v) is 18.0. The van der Waals surface area contributed by atoms with Crippen LogP contribution in [-0.4, -0.2) is 36.0 Å². The molecule has 156 valence electrons. The molecule has 0 bridgehead atoms. The summed E-state index contributed by atoms with van der Waals surface area (Å²) >= 11 is 0. The summed E-state index contributed by atoms with van der Waals surface area (Å²) < 4.78 is 0. The van der Waals surface area contributed by atoms with E-state index in [1.165, 1.54) is 5.56 Å². The highest BCUT2D eigenvalue weighted by Gasteiger charge is 2.14. The molecule has 2 rings (SSSR count). The summed E-state index contributed by atoms with van der Waals surface area (Å²) in [6.07, 6.45) is 0. The van der Waals surface area contributed by atoms with Gasteiger partial charge in [0.25, 0.3) is 5.91 Å². The number of nitrogens with zero attached hydrogens (tertiary/aromatic N) is 1.